The summed E-state index contributed by atoms with van der Waals surface area (Å²) in [4.78, 5) is 5.55. The Labute approximate surface area is 147 Å². The number of nitrogens with zero attached hydrogens (tertiary/aromatic N) is 1. The molecule has 1 heterocycles. The van der Waals surface area contributed by atoms with Gasteiger partial charge in [0.05, 0.1) is 15.5 Å². The van der Waals surface area contributed by atoms with Crippen molar-refractivity contribution in [1.29, 1.82) is 0 Å². The lowest BCUT2D eigenvalue weighted by atomic mass is 10.1. The Morgan fingerprint density at radius 2 is 1.62 bits per heavy atom. The topological polar surface area (TPSA) is 73.0 Å². The van der Waals surface area contributed by atoms with Crippen molar-refractivity contribution in [2.24, 2.45) is 5.14 Å². The van der Waals surface area contributed by atoms with E-state index in [1.807, 2.05) is 6.26 Å². The predicted molar refractivity (Wildman–Crippen MR) is 96.1 cm³/mol. The highest BCUT2D eigenvalue weighted by molar-refractivity contribution is 8.00. The molecule has 2 N–H and O–H groups in total. The molecule has 1 aromatic heterocycles. The van der Waals surface area contributed by atoms with Gasteiger partial charge in [-0.25, -0.2) is 22.9 Å². The van der Waals surface area contributed by atoms with Gasteiger partial charge in [-0.15, -0.1) is 11.3 Å². The van der Waals surface area contributed by atoms with Crippen molar-refractivity contribution in [2.45, 2.75) is 9.24 Å². The van der Waals surface area contributed by atoms with Gasteiger partial charge in [-0.3, -0.25) is 0 Å². The maximum Gasteiger partial charge on any atom is 0.238 e. The highest BCUT2D eigenvalue weighted by Crippen LogP contribution is 2.39. The molecule has 0 aliphatic rings. The molecule has 0 aliphatic carbocycles. The van der Waals surface area contributed by atoms with Crippen LogP contribution < -0.4 is 5.14 Å². The molecular weight excluding hydrogens is 367 g/mol. The molecule has 2 aromatic carbocycles. The summed E-state index contributed by atoms with van der Waals surface area (Å²) in [6.45, 7) is 0. The lowest BCUT2D eigenvalue weighted by molar-refractivity contribution is 0.598. The van der Waals surface area contributed by atoms with Crippen molar-refractivity contribution in [3.05, 3.63) is 54.3 Å². The van der Waals surface area contributed by atoms with E-state index < -0.39 is 10.0 Å². The fourth-order valence-corrected chi connectivity index (χ4v) is 4.29. The first-order chi connectivity index (χ1) is 11.4. The Balaban J connectivity index is 2.10. The summed E-state index contributed by atoms with van der Waals surface area (Å²) in [6.07, 6.45) is 1.93. The zero-order valence-electron chi connectivity index (χ0n) is 12.6. The molecule has 8 heteroatoms. The van der Waals surface area contributed by atoms with Gasteiger partial charge in [0.25, 0.3) is 0 Å². The number of thiazole rings is 1. The second-order valence-corrected chi connectivity index (χ2v) is 8.55. The van der Waals surface area contributed by atoms with Crippen LogP contribution in [0.3, 0.4) is 0 Å². The van der Waals surface area contributed by atoms with Crippen LogP contribution >= 0.6 is 23.1 Å². The van der Waals surface area contributed by atoms with Crippen LogP contribution in [0, 0.1) is 5.82 Å². The van der Waals surface area contributed by atoms with E-state index in [9.17, 15) is 12.8 Å². The average molecular weight is 380 g/mol. The SMILES string of the molecule is CSc1nc(-c2ccc(S(N)(=O)=O)cc2)c(-c2ccc(F)cc2)s1. The summed E-state index contributed by atoms with van der Waals surface area (Å²) in [5.74, 6) is -0.299. The summed E-state index contributed by atoms with van der Waals surface area (Å²) < 4.78 is 36.8. The number of benzene rings is 2. The third-order valence-electron chi connectivity index (χ3n) is 3.34. The number of halogens is 1. The maximum atomic E-state index is 13.2. The van der Waals surface area contributed by atoms with Gasteiger partial charge < -0.3 is 0 Å². The molecule has 0 aliphatic heterocycles. The van der Waals surface area contributed by atoms with Crippen LogP contribution in [0.25, 0.3) is 21.7 Å². The monoisotopic (exact) mass is 380 g/mol. The van der Waals surface area contributed by atoms with Crippen LogP contribution in [0.15, 0.2) is 57.8 Å². The number of nitrogens with two attached hydrogens (primary N) is 1. The van der Waals surface area contributed by atoms with Crippen molar-refractivity contribution in [2.75, 3.05) is 6.26 Å². The molecule has 24 heavy (non-hydrogen) atoms. The zero-order chi connectivity index (χ0) is 17.3. The van der Waals surface area contributed by atoms with Gasteiger partial charge >= 0.3 is 0 Å². The normalized spacial score (nSPS) is 11.6. The fraction of sp³-hybridized carbons (Fsp3) is 0.0625. The van der Waals surface area contributed by atoms with E-state index in [0.29, 0.717) is 0 Å². The number of primary sulfonamides is 1. The van der Waals surface area contributed by atoms with E-state index in [4.69, 9.17) is 5.14 Å². The summed E-state index contributed by atoms with van der Waals surface area (Å²) in [6, 6.07) is 12.5. The predicted octanol–water partition coefficient (Wildman–Crippen LogP) is 3.99. The first kappa shape index (κ1) is 17.1. The van der Waals surface area contributed by atoms with Crippen molar-refractivity contribution >= 4 is 33.1 Å². The van der Waals surface area contributed by atoms with E-state index in [1.165, 1.54) is 47.4 Å². The van der Waals surface area contributed by atoms with Crippen molar-refractivity contribution in [3.8, 4) is 21.7 Å². The molecular formula is C16H13FN2O2S3. The first-order valence-electron chi connectivity index (χ1n) is 6.82. The molecule has 0 bridgehead atoms. The van der Waals surface area contributed by atoms with Crippen molar-refractivity contribution < 1.29 is 12.8 Å². The molecule has 0 unspecified atom stereocenters. The number of hydrogen-bond acceptors (Lipinski definition) is 5. The minimum absolute atomic E-state index is 0.0508. The number of sulfonamides is 1. The van der Waals surface area contributed by atoms with E-state index >= 15 is 0 Å². The van der Waals surface area contributed by atoms with E-state index in [2.05, 4.69) is 4.98 Å². The van der Waals surface area contributed by atoms with Crippen LogP contribution in [-0.4, -0.2) is 19.7 Å². The van der Waals surface area contributed by atoms with Gasteiger partial charge in [0, 0.05) is 5.56 Å². The molecule has 0 amide bonds. The number of hydrogen-bond donors (Lipinski definition) is 1. The van der Waals surface area contributed by atoms with Crippen LogP contribution in [0.2, 0.25) is 0 Å². The van der Waals surface area contributed by atoms with Crippen LogP contribution in [0.1, 0.15) is 0 Å². The minimum Gasteiger partial charge on any atom is -0.229 e. The van der Waals surface area contributed by atoms with Gasteiger partial charge in [-0.1, -0.05) is 36.0 Å². The Kier molecular flexibility index (Phi) is 4.73. The second kappa shape index (κ2) is 6.64. The van der Waals surface area contributed by atoms with Gasteiger partial charge in [-0.05, 0) is 36.1 Å². The molecule has 0 saturated carbocycles. The molecule has 0 atom stereocenters. The number of aromatic nitrogens is 1. The minimum atomic E-state index is -3.73. The largest absolute Gasteiger partial charge is 0.238 e. The summed E-state index contributed by atoms with van der Waals surface area (Å²) in [5.41, 5.74) is 2.37. The molecule has 124 valence electrons. The van der Waals surface area contributed by atoms with Crippen molar-refractivity contribution in [3.63, 3.8) is 0 Å². The molecule has 3 rings (SSSR count). The van der Waals surface area contributed by atoms with Crippen molar-refractivity contribution in [1.82, 2.24) is 4.98 Å². The Morgan fingerprint density at radius 3 is 2.17 bits per heavy atom. The van der Waals surface area contributed by atoms with Gasteiger partial charge in [0.15, 0.2) is 4.34 Å². The third-order valence-corrected chi connectivity index (χ3v) is 6.36. The quantitative estimate of drug-likeness (QED) is 0.695. The standard InChI is InChI=1S/C16H13FN2O2S3/c1-22-16-19-14(10-4-8-13(9-5-10)24(18,20)21)15(23-16)11-2-6-12(17)7-3-11/h2-9H,1H3,(H2,18,20,21). The molecule has 0 spiro atoms. The Morgan fingerprint density at radius 1 is 1.04 bits per heavy atom. The lowest BCUT2D eigenvalue weighted by Crippen LogP contribution is -2.11. The summed E-state index contributed by atoms with van der Waals surface area (Å²) in [7, 11) is -3.73. The molecule has 3 aromatic rings. The zero-order valence-corrected chi connectivity index (χ0v) is 15.0. The smallest absolute Gasteiger partial charge is 0.229 e. The molecule has 0 radical (unpaired) electrons. The average Bonchev–Trinajstić information content (AvgIpc) is 2.99. The van der Waals surface area contributed by atoms with Crippen LogP contribution in [0.4, 0.5) is 4.39 Å². The number of thioether (sulfide) groups is 1. The Bertz CT molecular complexity index is 966. The fourth-order valence-electron chi connectivity index (χ4n) is 2.18. The summed E-state index contributed by atoms with van der Waals surface area (Å²) in [5, 5.41) is 5.13. The third kappa shape index (κ3) is 3.51. The Hall–Kier alpha value is -1.74. The number of rotatable bonds is 4. The maximum absolute atomic E-state index is 13.2. The molecule has 4 nitrogen and oxygen atoms in total. The molecule has 0 fully saturated rings. The highest BCUT2D eigenvalue weighted by atomic mass is 32.2. The lowest BCUT2D eigenvalue weighted by Gasteiger charge is -2.04. The van der Waals surface area contributed by atoms with Crippen LogP contribution in [0.5, 0.6) is 0 Å². The van der Waals surface area contributed by atoms with Gasteiger partial charge in [0.1, 0.15) is 5.82 Å². The van der Waals surface area contributed by atoms with Crippen LogP contribution in [-0.2, 0) is 10.0 Å². The first-order valence-corrected chi connectivity index (χ1v) is 10.4. The van der Waals surface area contributed by atoms with Gasteiger partial charge in [-0.2, -0.15) is 0 Å². The summed E-state index contributed by atoms with van der Waals surface area (Å²) >= 11 is 3.03. The van der Waals surface area contributed by atoms with Gasteiger partial charge in [0.2, 0.25) is 10.0 Å². The second-order valence-electron chi connectivity index (χ2n) is 4.94. The van der Waals surface area contributed by atoms with E-state index in [-0.39, 0.29) is 10.7 Å². The molecule has 0 saturated heterocycles. The highest BCUT2D eigenvalue weighted by Gasteiger charge is 2.16. The van der Waals surface area contributed by atoms with E-state index in [1.54, 1.807) is 24.3 Å². The van der Waals surface area contributed by atoms with E-state index in [0.717, 1.165) is 26.0 Å².